The fourth-order valence-corrected chi connectivity index (χ4v) is 3.31. The maximum atomic E-state index is 13.1. The number of pyridine rings is 1. The van der Waals surface area contributed by atoms with Crippen LogP contribution in [-0.4, -0.2) is 36.5 Å². The molecule has 3 aromatic rings. The van der Waals surface area contributed by atoms with E-state index in [9.17, 15) is 14.0 Å². The van der Waals surface area contributed by atoms with Gasteiger partial charge in [-0.05, 0) is 50.1 Å². The number of carbonyl (C=O) groups is 2. The Bertz CT molecular complexity index is 1150. The minimum absolute atomic E-state index is 0.145. The van der Waals surface area contributed by atoms with Crippen molar-refractivity contribution in [2.24, 2.45) is 0 Å². The fraction of sp³-hybridized carbons (Fsp3) is 0.240. The Hall–Kier alpha value is -3.94. The predicted octanol–water partition coefficient (Wildman–Crippen LogP) is 4.27. The Kier molecular flexibility index (Phi) is 8.35. The lowest BCUT2D eigenvalue weighted by atomic mass is 10.1. The van der Waals surface area contributed by atoms with Gasteiger partial charge in [0, 0.05) is 48.1 Å². The van der Waals surface area contributed by atoms with Gasteiger partial charge < -0.3 is 20.7 Å². The Morgan fingerprint density at radius 2 is 1.94 bits per heavy atom. The zero-order valence-electron chi connectivity index (χ0n) is 18.6. The molecule has 0 aliphatic carbocycles. The van der Waals surface area contributed by atoms with Crippen molar-refractivity contribution in [3.05, 3.63) is 72.7 Å². The van der Waals surface area contributed by atoms with Gasteiger partial charge in [-0.1, -0.05) is 12.1 Å². The summed E-state index contributed by atoms with van der Waals surface area (Å²) in [6.45, 7) is 2.53. The summed E-state index contributed by atoms with van der Waals surface area (Å²) >= 11 is 0. The van der Waals surface area contributed by atoms with Crippen LogP contribution in [0.25, 0.3) is 10.9 Å². The van der Waals surface area contributed by atoms with Gasteiger partial charge in [0.25, 0.3) is 0 Å². The Morgan fingerprint density at radius 3 is 2.73 bits per heavy atom. The molecule has 33 heavy (non-hydrogen) atoms. The first-order valence-corrected chi connectivity index (χ1v) is 10.7. The zero-order valence-corrected chi connectivity index (χ0v) is 18.6. The first kappa shape index (κ1) is 23.7. The molecule has 7 nitrogen and oxygen atoms in total. The maximum Gasteiger partial charge on any atom is 0.248 e. The number of anilines is 2. The third kappa shape index (κ3) is 7.31. The number of nitrogens with one attached hydrogen (secondary N) is 3. The van der Waals surface area contributed by atoms with E-state index in [0.717, 1.165) is 47.3 Å². The van der Waals surface area contributed by atoms with E-state index in [0.29, 0.717) is 12.2 Å². The molecular formula is C25H27FN4O3. The maximum absolute atomic E-state index is 13.1. The van der Waals surface area contributed by atoms with E-state index < -0.39 is 11.7 Å². The summed E-state index contributed by atoms with van der Waals surface area (Å²) in [4.78, 5) is 28.2. The molecule has 2 aromatic carbocycles. The number of benzene rings is 2. The van der Waals surface area contributed by atoms with Crippen LogP contribution >= 0.6 is 0 Å². The Morgan fingerprint density at radius 1 is 1.12 bits per heavy atom. The van der Waals surface area contributed by atoms with Crippen molar-refractivity contribution in [3.63, 3.8) is 0 Å². The number of halogens is 1. The van der Waals surface area contributed by atoms with Gasteiger partial charge in [0.15, 0.2) is 0 Å². The number of carbonyl (C=O) groups excluding carboxylic acids is 2. The highest BCUT2D eigenvalue weighted by atomic mass is 19.1. The summed E-state index contributed by atoms with van der Waals surface area (Å²) in [5, 5.41) is 9.71. The van der Waals surface area contributed by atoms with Crippen LogP contribution in [-0.2, 0) is 9.59 Å². The van der Waals surface area contributed by atoms with Crippen molar-refractivity contribution < 1.29 is 18.7 Å². The quantitative estimate of drug-likeness (QED) is 0.317. The van der Waals surface area contributed by atoms with Crippen molar-refractivity contribution in [2.45, 2.75) is 25.8 Å². The number of amides is 2. The number of rotatable bonds is 10. The molecule has 8 heteroatoms. The van der Waals surface area contributed by atoms with E-state index in [2.05, 4.69) is 27.9 Å². The number of methoxy groups -OCH3 is 1. The minimum Gasteiger partial charge on any atom is -0.497 e. The summed E-state index contributed by atoms with van der Waals surface area (Å²) in [7, 11) is 1.63. The molecule has 0 fully saturated rings. The standard InChI is InChI=1S/C25H27FN4O3/c1-17(29-22-16-21(33-2)14-18-7-5-13-28-25(18)22)6-4-12-27-23(31)10-11-24(32)30-20-9-3-8-19(26)15-20/h3,5,7-11,13-17,29H,4,6,12H2,1-2H3,(H,27,31)(H,30,32)/b11-10+. The molecule has 0 spiro atoms. The Balaban J connectivity index is 1.41. The lowest BCUT2D eigenvalue weighted by Crippen LogP contribution is -2.24. The van der Waals surface area contributed by atoms with Crippen LogP contribution in [0.3, 0.4) is 0 Å². The molecule has 0 saturated carbocycles. The van der Waals surface area contributed by atoms with Crippen LogP contribution in [0.2, 0.25) is 0 Å². The third-order valence-electron chi connectivity index (χ3n) is 4.91. The molecule has 1 unspecified atom stereocenters. The molecule has 0 aliphatic rings. The van der Waals surface area contributed by atoms with Gasteiger partial charge in [0.05, 0.1) is 18.3 Å². The van der Waals surface area contributed by atoms with Gasteiger partial charge >= 0.3 is 0 Å². The number of nitrogens with zero attached hydrogens (tertiary/aromatic N) is 1. The van der Waals surface area contributed by atoms with Crippen LogP contribution < -0.4 is 20.7 Å². The average molecular weight is 451 g/mol. The molecule has 0 aliphatic heterocycles. The smallest absolute Gasteiger partial charge is 0.248 e. The van der Waals surface area contributed by atoms with Gasteiger partial charge in [-0.3, -0.25) is 14.6 Å². The summed E-state index contributed by atoms with van der Waals surface area (Å²) in [5.74, 6) is -0.569. The van der Waals surface area contributed by atoms with E-state index in [1.807, 2.05) is 24.3 Å². The van der Waals surface area contributed by atoms with Crippen molar-refractivity contribution in [1.82, 2.24) is 10.3 Å². The minimum atomic E-state index is -0.507. The second-order valence-electron chi connectivity index (χ2n) is 7.56. The molecule has 0 bridgehead atoms. The molecule has 1 aromatic heterocycles. The van der Waals surface area contributed by atoms with Crippen LogP contribution in [0.1, 0.15) is 19.8 Å². The summed E-state index contributed by atoms with van der Waals surface area (Å²) in [6.07, 6.45) is 5.59. The van der Waals surface area contributed by atoms with Crippen LogP contribution in [0.5, 0.6) is 5.75 Å². The van der Waals surface area contributed by atoms with Crippen molar-refractivity contribution in [1.29, 1.82) is 0 Å². The van der Waals surface area contributed by atoms with Crippen LogP contribution in [0.15, 0.2) is 66.9 Å². The normalized spacial score (nSPS) is 11.8. The van der Waals surface area contributed by atoms with E-state index >= 15 is 0 Å². The topological polar surface area (TPSA) is 92.4 Å². The van der Waals surface area contributed by atoms with E-state index in [-0.39, 0.29) is 11.9 Å². The second-order valence-corrected chi connectivity index (χ2v) is 7.56. The molecule has 2 amide bonds. The van der Waals surface area contributed by atoms with Crippen LogP contribution in [0, 0.1) is 5.82 Å². The third-order valence-corrected chi connectivity index (χ3v) is 4.91. The van der Waals surface area contributed by atoms with Crippen LogP contribution in [0.4, 0.5) is 15.8 Å². The van der Waals surface area contributed by atoms with Crippen molar-refractivity contribution in [2.75, 3.05) is 24.3 Å². The lowest BCUT2D eigenvalue weighted by molar-refractivity contribution is -0.117. The van der Waals surface area contributed by atoms with E-state index in [4.69, 9.17) is 4.74 Å². The largest absolute Gasteiger partial charge is 0.497 e. The monoisotopic (exact) mass is 450 g/mol. The highest BCUT2D eigenvalue weighted by molar-refractivity contribution is 6.03. The number of ether oxygens (including phenoxy) is 1. The number of aromatic nitrogens is 1. The fourth-order valence-electron chi connectivity index (χ4n) is 3.31. The SMILES string of the molecule is COc1cc(NC(C)CCCNC(=O)/C=C/C(=O)Nc2cccc(F)c2)c2ncccc2c1. The molecule has 0 saturated heterocycles. The summed E-state index contributed by atoms with van der Waals surface area (Å²) < 4.78 is 18.5. The van der Waals surface area contributed by atoms with Gasteiger partial charge in [-0.2, -0.15) is 0 Å². The summed E-state index contributed by atoms with van der Waals surface area (Å²) in [5.41, 5.74) is 2.10. The molecule has 1 heterocycles. The highest BCUT2D eigenvalue weighted by Crippen LogP contribution is 2.28. The van der Waals surface area contributed by atoms with E-state index in [1.54, 1.807) is 19.4 Å². The Labute approximate surface area is 192 Å². The molecule has 172 valence electrons. The first-order valence-electron chi connectivity index (χ1n) is 10.7. The first-order chi connectivity index (χ1) is 15.9. The highest BCUT2D eigenvalue weighted by Gasteiger charge is 2.09. The number of hydrogen-bond donors (Lipinski definition) is 3. The molecule has 1 atom stereocenters. The van der Waals surface area contributed by atoms with Gasteiger partial charge in [0.2, 0.25) is 11.8 Å². The molecule has 0 radical (unpaired) electrons. The van der Waals surface area contributed by atoms with E-state index in [1.165, 1.54) is 18.2 Å². The van der Waals surface area contributed by atoms with Gasteiger partial charge in [-0.15, -0.1) is 0 Å². The number of hydrogen-bond acceptors (Lipinski definition) is 5. The van der Waals surface area contributed by atoms with Crippen molar-refractivity contribution >= 4 is 34.1 Å². The average Bonchev–Trinajstić information content (AvgIpc) is 2.80. The zero-order chi connectivity index (χ0) is 23.6. The summed E-state index contributed by atoms with van der Waals surface area (Å²) in [6, 6.07) is 13.4. The predicted molar refractivity (Wildman–Crippen MR) is 128 cm³/mol. The van der Waals surface area contributed by atoms with Gasteiger partial charge in [0.1, 0.15) is 11.6 Å². The van der Waals surface area contributed by atoms with Crippen molar-refractivity contribution in [3.8, 4) is 5.75 Å². The lowest BCUT2D eigenvalue weighted by Gasteiger charge is -2.17. The molecular weight excluding hydrogens is 423 g/mol. The molecule has 3 N–H and O–H groups in total. The van der Waals surface area contributed by atoms with Gasteiger partial charge in [-0.25, -0.2) is 4.39 Å². The number of fused-ring (bicyclic) bond motifs is 1. The second kappa shape index (κ2) is 11.6. The molecule has 3 rings (SSSR count).